The van der Waals surface area contributed by atoms with Crippen LogP contribution in [0.1, 0.15) is 147 Å². The van der Waals surface area contributed by atoms with Gasteiger partial charge in [-0.2, -0.15) is 0 Å². The summed E-state index contributed by atoms with van der Waals surface area (Å²) in [6.45, 7) is 16.3. The summed E-state index contributed by atoms with van der Waals surface area (Å²) in [7, 11) is -12.6. The molecule has 6 aliphatic rings. The molecule has 6 heterocycles. The normalized spacial score (nSPS) is 28.8. The summed E-state index contributed by atoms with van der Waals surface area (Å²) in [5.41, 5.74) is 5.49. The Bertz CT molecular complexity index is 4100. The first-order valence-corrected chi connectivity index (χ1v) is 56.7. The number of aliphatic hydroxyl groups is 8. The number of Topliss-reactive ketones (excluding diaryl/α,β-unsaturated/α-hetero) is 3. The van der Waals surface area contributed by atoms with Gasteiger partial charge in [0.1, 0.15) is 81.3 Å². The third-order valence-corrected chi connectivity index (χ3v) is 27.5. The van der Waals surface area contributed by atoms with Crippen LogP contribution < -0.4 is 32.3 Å². The number of esters is 4. The van der Waals surface area contributed by atoms with Crippen molar-refractivity contribution in [2.24, 2.45) is 5.73 Å². The molecular formula is C89H160N6O48P4Y2-2. The number of aliphatic hydroxyl groups excluding tert-OH is 8. The van der Waals surface area contributed by atoms with Crippen molar-refractivity contribution in [2.75, 3.05) is 179 Å². The molecule has 0 aromatic heterocycles. The SMILES string of the molecule is CC1[CH-]C2OP(C)(=O)OCC3OC(C)C(NCCO)C3OP(C)(=O)OCC2O1.CC1[CH-]C2OP(C)(=O)OCC3OC(C)C(NCCOC(=O)C(C)N)C3OP(C)(=O)OCC2O1.CCC(CO)OC(CO)OCC(COC(=O)CCCC(=O)NC(C)C(C)=O)OC(CO)OCC(CO)OC(CO)OCC(COC(=O)CCCC(=O)NC(C)C(C)=O)OC(CO)OCC(CO)OC(COC(=O)CCCC(=O)NC(C)C(C)=O)OC.[Y].[Y]. The van der Waals surface area contributed by atoms with Gasteiger partial charge in [-0.3, -0.25) is 79.0 Å². The molecule has 0 spiro atoms. The third kappa shape index (κ3) is 57.6. The molecule has 0 aromatic rings. The van der Waals surface area contributed by atoms with Gasteiger partial charge in [0, 0.05) is 151 Å². The summed E-state index contributed by atoms with van der Waals surface area (Å²) < 4.78 is 198. The number of fused-ring (bicyclic) bond motifs is 4. The fourth-order valence-electron chi connectivity index (χ4n) is 14.2. The zero-order valence-electron chi connectivity index (χ0n) is 87.9. The van der Waals surface area contributed by atoms with Gasteiger partial charge < -0.3 is 195 Å². The predicted molar refractivity (Wildman–Crippen MR) is 512 cm³/mol. The van der Waals surface area contributed by atoms with E-state index in [1.807, 2.05) is 27.7 Å². The number of hydrogen-bond donors (Lipinski definition) is 14. The molecule has 6 aliphatic heterocycles. The van der Waals surface area contributed by atoms with Gasteiger partial charge in [-0.1, -0.05) is 33.0 Å². The van der Waals surface area contributed by atoms with Gasteiger partial charge >= 0.3 is 54.3 Å². The smallest absolute Gasteiger partial charge is 0.328 e. The summed E-state index contributed by atoms with van der Waals surface area (Å²) in [5.74, 6) is -4.88. The van der Waals surface area contributed by atoms with Gasteiger partial charge in [-0.15, -0.1) is 0 Å². The van der Waals surface area contributed by atoms with Crippen LogP contribution in [0, 0.1) is 12.8 Å². The van der Waals surface area contributed by atoms with E-state index in [4.69, 9.17) is 132 Å². The number of carbonyl (C=O) groups is 10. The maximum atomic E-state index is 13.1. The van der Waals surface area contributed by atoms with Crippen LogP contribution >= 0.6 is 30.4 Å². The molecule has 0 bridgehead atoms. The molecule has 0 aliphatic carbocycles. The zero-order valence-corrected chi connectivity index (χ0v) is 97.1. The van der Waals surface area contributed by atoms with Crippen molar-refractivity contribution in [3.8, 4) is 0 Å². The van der Waals surface area contributed by atoms with Gasteiger partial charge in [0.25, 0.3) is 0 Å². The van der Waals surface area contributed by atoms with Crippen molar-refractivity contribution in [3.05, 3.63) is 12.8 Å². The minimum Gasteiger partial charge on any atom is -0.463 e. The average Bonchev–Trinajstić information content (AvgIpc) is 1.67. The van der Waals surface area contributed by atoms with Gasteiger partial charge in [0.15, 0.2) is 48.8 Å². The zero-order chi connectivity index (χ0) is 110. The number of ketones is 3. The van der Waals surface area contributed by atoms with Crippen molar-refractivity contribution >= 4 is 89.3 Å². The number of nitrogens with two attached hydrogens (primary N) is 1. The first kappa shape index (κ1) is 142. The number of rotatable bonds is 63. The second-order valence-electron chi connectivity index (χ2n) is 35.6. The molecule has 6 saturated heterocycles. The van der Waals surface area contributed by atoms with Crippen molar-refractivity contribution in [1.82, 2.24) is 26.6 Å². The summed E-state index contributed by atoms with van der Waals surface area (Å²) in [4.78, 5) is 120. The summed E-state index contributed by atoms with van der Waals surface area (Å²) in [6, 6.07) is -3.61. The molecular weight excluding hydrogens is 2220 g/mol. The Hall–Kier alpha value is -2.89. The number of hydrogen-bond acceptors (Lipinski definition) is 51. The Morgan fingerprint density at radius 2 is 0.705 bits per heavy atom. The molecule has 149 heavy (non-hydrogen) atoms. The van der Waals surface area contributed by atoms with Crippen LogP contribution in [0.2, 0.25) is 0 Å². The van der Waals surface area contributed by atoms with Crippen molar-refractivity contribution in [2.45, 2.75) is 319 Å². The van der Waals surface area contributed by atoms with Crippen molar-refractivity contribution in [3.63, 3.8) is 0 Å². The van der Waals surface area contributed by atoms with Gasteiger partial charge in [-0.25, -0.2) is 0 Å². The minimum atomic E-state index is -3.54. The Labute approximate surface area is 919 Å². The Kier molecular flexibility index (Phi) is 71.8. The standard InChI is InChI=1S/C54H95N3O29.C19H35N2O10P2.C16H30NO9P2.2Y/c1-9-39(19-58)82-50(22-61)80-30-42(28-75-47(71)16-10-13-44(68)55-33(2)36(5)65)85-52(24-63)78-26-40(20-59)83-51(23-62)81-31-43(29-76-48(72)17-11-14-45(69)56-34(3)37(6)66)86-53(25-64)79-27-41(21-60)84-54(74-8)32-77-49(73)18-12-15-46(70)57-35(4)38(7)67;1-11-8-14-15(28-11)9-26-33(5,24)31-18-16(10-27-32(4,23)30-14)29-13(3)17(18)21-6-7-25-19(22)12(2)20;1-10-7-12-13(23-10)8-21-28(4,20)26-16-14(9-22-27(3,19)25-12)24-11(2)15(16)17-5-6-18;;/h33-35,39-43,50-54,58-64H,9-32H2,1-8H3,(H,55,68)(H,56,69)(H,57,70);8,11-18,21H,6-7,9-10,20H2,1-5H3;7,10-18H,5-6,8-9H2,1-4H3;;/q;2*-1;;. The summed E-state index contributed by atoms with van der Waals surface area (Å²) in [6.07, 6.45) is -16.0. The van der Waals surface area contributed by atoms with E-state index in [-0.39, 0.29) is 211 Å². The Morgan fingerprint density at radius 3 is 1.02 bits per heavy atom. The van der Waals surface area contributed by atoms with E-state index < -0.39 is 305 Å². The van der Waals surface area contributed by atoms with E-state index in [0.29, 0.717) is 19.5 Å². The monoisotopic (exact) mass is 2380 g/mol. The van der Waals surface area contributed by atoms with Crippen LogP contribution in [-0.4, -0.2) is 450 Å². The van der Waals surface area contributed by atoms with E-state index in [2.05, 4.69) is 26.6 Å². The topological polar surface area (TPSA) is 727 Å². The molecule has 60 heteroatoms. The fourth-order valence-corrected chi connectivity index (χ4v) is 18.8. The average molecular weight is 2380 g/mol. The van der Waals surface area contributed by atoms with Crippen LogP contribution in [0.3, 0.4) is 0 Å². The van der Waals surface area contributed by atoms with Crippen LogP contribution in [0.25, 0.3) is 0 Å². The van der Waals surface area contributed by atoms with E-state index in [9.17, 15) is 102 Å². The molecule has 15 N–H and O–H groups in total. The maximum absolute atomic E-state index is 13.1. The van der Waals surface area contributed by atoms with Crippen molar-refractivity contribution in [1.29, 1.82) is 0 Å². The molecule has 3 amide bonds. The summed E-state index contributed by atoms with van der Waals surface area (Å²) >= 11 is 0. The number of carbonyl (C=O) groups excluding carboxylic acids is 10. The molecule has 32 atom stereocenters. The van der Waals surface area contributed by atoms with E-state index >= 15 is 0 Å². The molecule has 0 aromatic carbocycles. The van der Waals surface area contributed by atoms with Crippen LogP contribution in [0.4, 0.5) is 0 Å². The number of amides is 3. The second-order valence-corrected chi connectivity index (χ2v) is 43.6. The minimum absolute atomic E-state index is 0. The Morgan fingerprint density at radius 1 is 0.396 bits per heavy atom. The van der Waals surface area contributed by atoms with Gasteiger partial charge in [0.05, 0.1) is 166 Å². The maximum Gasteiger partial charge on any atom is 0.328 e. The first-order chi connectivity index (χ1) is 69.4. The summed E-state index contributed by atoms with van der Waals surface area (Å²) in [5, 5.41) is 93.5. The molecule has 6 rings (SSSR count). The number of ether oxygens (including phenoxy) is 18. The van der Waals surface area contributed by atoms with E-state index in [1.165, 1.54) is 75.3 Å². The van der Waals surface area contributed by atoms with Crippen LogP contribution in [0.5, 0.6) is 0 Å². The van der Waals surface area contributed by atoms with Crippen LogP contribution in [0.15, 0.2) is 0 Å². The van der Waals surface area contributed by atoms with Crippen molar-refractivity contribution < 1.29 is 294 Å². The molecule has 2 radical (unpaired) electrons. The van der Waals surface area contributed by atoms with Gasteiger partial charge in [0.2, 0.25) is 17.7 Å². The van der Waals surface area contributed by atoms with Gasteiger partial charge in [-0.05, 0) is 100 Å². The predicted octanol–water partition coefficient (Wildman–Crippen LogP) is -0.716. The quantitative estimate of drug-likeness (QED) is 0.00893. The second kappa shape index (κ2) is 75.3. The number of methoxy groups -OCH3 is 1. The molecule has 54 nitrogen and oxygen atoms in total. The fraction of sp³-hybridized carbons (Fsp3) is 0.865. The largest absolute Gasteiger partial charge is 0.463 e. The van der Waals surface area contributed by atoms with E-state index in [1.54, 1.807) is 26.7 Å². The molecule has 32 unspecified atom stereocenters. The first-order valence-electron chi connectivity index (χ1n) is 48.7. The number of nitrogens with one attached hydrogen (secondary N) is 5. The Balaban J connectivity index is 0.000000949. The van der Waals surface area contributed by atoms with Crippen LogP contribution in [-0.2, 0) is 253 Å². The van der Waals surface area contributed by atoms with E-state index in [0.717, 1.165) is 0 Å². The molecule has 862 valence electrons. The molecule has 0 saturated carbocycles. The third-order valence-electron chi connectivity index (χ3n) is 22.5. The molecule has 6 fully saturated rings.